The van der Waals surface area contributed by atoms with E-state index in [0.29, 0.717) is 6.04 Å². The predicted molar refractivity (Wildman–Crippen MR) is 47.2 cm³/mol. The summed E-state index contributed by atoms with van der Waals surface area (Å²) in [6.07, 6.45) is 6.77. The van der Waals surface area contributed by atoms with Crippen LogP contribution in [0.3, 0.4) is 0 Å². The third-order valence-electron chi connectivity index (χ3n) is 1.55. The molecule has 60 valence electrons. The van der Waals surface area contributed by atoms with Crippen LogP contribution < -0.4 is 5.32 Å². The molecule has 0 bridgehead atoms. The van der Waals surface area contributed by atoms with E-state index in [1.807, 2.05) is 0 Å². The van der Waals surface area contributed by atoms with Gasteiger partial charge in [-0.3, -0.25) is 0 Å². The quantitative estimate of drug-likeness (QED) is 0.579. The molecule has 0 aromatic carbocycles. The predicted octanol–water partition coefficient (Wildman–Crippen LogP) is 2.34. The molecule has 0 amide bonds. The van der Waals surface area contributed by atoms with E-state index in [0.717, 1.165) is 6.54 Å². The molecule has 0 aliphatic rings. The van der Waals surface area contributed by atoms with Crippen molar-refractivity contribution in [1.82, 2.24) is 5.32 Å². The fourth-order valence-corrected chi connectivity index (χ4v) is 0.963. The Bertz CT molecular complexity index is 86.7. The summed E-state index contributed by atoms with van der Waals surface area (Å²) in [4.78, 5) is 0. The fraction of sp³-hybridized carbons (Fsp3) is 0.778. The van der Waals surface area contributed by atoms with Gasteiger partial charge in [0.25, 0.3) is 0 Å². The van der Waals surface area contributed by atoms with Crippen molar-refractivity contribution in [2.75, 3.05) is 6.54 Å². The highest BCUT2D eigenvalue weighted by molar-refractivity contribution is 4.78. The van der Waals surface area contributed by atoms with Crippen molar-refractivity contribution < 1.29 is 0 Å². The molecule has 1 unspecified atom stereocenters. The first kappa shape index (κ1) is 9.70. The second kappa shape index (κ2) is 6.81. The first-order valence-corrected chi connectivity index (χ1v) is 4.15. The van der Waals surface area contributed by atoms with Gasteiger partial charge in [0.15, 0.2) is 0 Å². The van der Waals surface area contributed by atoms with E-state index in [1.54, 1.807) is 0 Å². The van der Waals surface area contributed by atoms with Crippen molar-refractivity contribution >= 4 is 0 Å². The SMILES string of the molecule is C/C=C\CCC(C)NCC. The Morgan fingerprint density at radius 1 is 1.50 bits per heavy atom. The molecular formula is C9H19N. The zero-order valence-corrected chi connectivity index (χ0v) is 7.35. The van der Waals surface area contributed by atoms with Crippen LogP contribution >= 0.6 is 0 Å². The molecule has 0 aromatic heterocycles. The number of rotatable bonds is 5. The second-order valence-electron chi connectivity index (χ2n) is 2.61. The van der Waals surface area contributed by atoms with E-state index >= 15 is 0 Å². The van der Waals surface area contributed by atoms with Crippen LogP contribution in [0.4, 0.5) is 0 Å². The van der Waals surface area contributed by atoms with Crippen molar-refractivity contribution in [3.05, 3.63) is 12.2 Å². The Balaban J connectivity index is 3.12. The zero-order valence-electron chi connectivity index (χ0n) is 7.35. The first-order chi connectivity index (χ1) is 4.81. The third-order valence-corrected chi connectivity index (χ3v) is 1.55. The molecule has 0 aromatic rings. The van der Waals surface area contributed by atoms with Gasteiger partial charge in [-0.25, -0.2) is 0 Å². The Morgan fingerprint density at radius 2 is 2.20 bits per heavy atom. The van der Waals surface area contributed by atoms with Crippen LogP contribution in [0, 0.1) is 0 Å². The van der Waals surface area contributed by atoms with Crippen LogP contribution in [0.15, 0.2) is 12.2 Å². The van der Waals surface area contributed by atoms with Crippen molar-refractivity contribution in [3.8, 4) is 0 Å². The Labute approximate surface area is 64.5 Å². The summed E-state index contributed by atoms with van der Waals surface area (Å²) < 4.78 is 0. The molecule has 0 fully saturated rings. The molecule has 0 saturated heterocycles. The largest absolute Gasteiger partial charge is 0.315 e. The summed E-state index contributed by atoms with van der Waals surface area (Å²) >= 11 is 0. The van der Waals surface area contributed by atoms with Gasteiger partial charge in [-0.1, -0.05) is 19.1 Å². The topological polar surface area (TPSA) is 12.0 Å². The van der Waals surface area contributed by atoms with Crippen LogP contribution in [0.5, 0.6) is 0 Å². The van der Waals surface area contributed by atoms with Crippen molar-refractivity contribution in [1.29, 1.82) is 0 Å². The van der Waals surface area contributed by atoms with Gasteiger partial charge in [0, 0.05) is 6.04 Å². The van der Waals surface area contributed by atoms with Crippen LogP contribution in [0.2, 0.25) is 0 Å². The molecule has 1 N–H and O–H groups in total. The van der Waals surface area contributed by atoms with Crippen LogP contribution in [0.25, 0.3) is 0 Å². The zero-order chi connectivity index (χ0) is 7.82. The number of hydrogen-bond acceptors (Lipinski definition) is 1. The van der Waals surface area contributed by atoms with Gasteiger partial charge in [-0.2, -0.15) is 0 Å². The van der Waals surface area contributed by atoms with Crippen molar-refractivity contribution in [3.63, 3.8) is 0 Å². The highest BCUT2D eigenvalue weighted by Gasteiger charge is 1.95. The molecule has 0 radical (unpaired) electrons. The second-order valence-corrected chi connectivity index (χ2v) is 2.61. The van der Waals surface area contributed by atoms with Gasteiger partial charge >= 0.3 is 0 Å². The fourth-order valence-electron chi connectivity index (χ4n) is 0.963. The molecule has 1 heteroatoms. The Morgan fingerprint density at radius 3 is 2.70 bits per heavy atom. The lowest BCUT2D eigenvalue weighted by Gasteiger charge is -2.09. The summed E-state index contributed by atoms with van der Waals surface area (Å²) in [6, 6.07) is 0.668. The normalized spacial score (nSPS) is 14.3. The molecule has 0 spiro atoms. The molecule has 1 nitrogen and oxygen atoms in total. The van der Waals surface area contributed by atoms with Crippen LogP contribution in [0.1, 0.15) is 33.6 Å². The highest BCUT2D eigenvalue weighted by atomic mass is 14.9. The lowest BCUT2D eigenvalue weighted by molar-refractivity contribution is 0.535. The molecule has 0 heterocycles. The van der Waals surface area contributed by atoms with E-state index in [2.05, 4.69) is 38.2 Å². The minimum atomic E-state index is 0.668. The minimum Gasteiger partial charge on any atom is -0.315 e. The summed E-state index contributed by atoms with van der Waals surface area (Å²) in [6.45, 7) is 7.52. The molecule has 10 heavy (non-hydrogen) atoms. The molecule has 1 atom stereocenters. The van der Waals surface area contributed by atoms with Gasteiger partial charge in [0.05, 0.1) is 0 Å². The van der Waals surface area contributed by atoms with E-state index in [4.69, 9.17) is 0 Å². The summed E-state index contributed by atoms with van der Waals surface area (Å²) in [5, 5.41) is 3.37. The third kappa shape index (κ3) is 5.83. The van der Waals surface area contributed by atoms with Crippen LogP contribution in [-0.2, 0) is 0 Å². The van der Waals surface area contributed by atoms with Gasteiger partial charge in [0.1, 0.15) is 0 Å². The maximum atomic E-state index is 3.37. The lowest BCUT2D eigenvalue weighted by Crippen LogP contribution is -2.24. The van der Waals surface area contributed by atoms with E-state index in [-0.39, 0.29) is 0 Å². The van der Waals surface area contributed by atoms with E-state index in [9.17, 15) is 0 Å². The molecule has 0 rings (SSSR count). The number of hydrogen-bond donors (Lipinski definition) is 1. The summed E-state index contributed by atoms with van der Waals surface area (Å²) in [5.41, 5.74) is 0. The van der Waals surface area contributed by atoms with Gasteiger partial charge in [0.2, 0.25) is 0 Å². The van der Waals surface area contributed by atoms with Gasteiger partial charge in [-0.05, 0) is 33.2 Å². The standard InChI is InChI=1S/C9H19N/c1-4-6-7-8-9(3)10-5-2/h4,6,9-10H,5,7-8H2,1-3H3/b6-4-. The Hall–Kier alpha value is -0.300. The van der Waals surface area contributed by atoms with Crippen LogP contribution in [-0.4, -0.2) is 12.6 Å². The van der Waals surface area contributed by atoms with E-state index < -0.39 is 0 Å². The molecular weight excluding hydrogens is 122 g/mol. The number of allylic oxidation sites excluding steroid dienone is 2. The van der Waals surface area contributed by atoms with Gasteiger partial charge in [-0.15, -0.1) is 0 Å². The Kier molecular flexibility index (Phi) is 6.61. The lowest BCUT2D eigenvalue weighted by atomic mass is 10.2. The first-order valence-electron chi connectivity index (χ1n) is 4.15. The average Bonchev–Trinajstić information content (AvgIpc) is 1.89. The smallest absolute Gasteiger partial charge is 0.00415 e. The number of nitrogens with one attached hydrogen (secondary N) is 1. The monoisotopic (exact) mass is 141 g/mol. The minimum absolute atomic E-state index is 0.668. The maximum Gasteiger partial charge on any atom is 0.00415 e. The average molecular weight is 141 g/mol. The van der Waals surface area contributed by atoms with Crippen molar-refractivity contribution in [2.45, 2.75) is 39.7 Å². The molecule has 0 saturated carbocycles. The summed E-state index contributed by atoms with van der Waals surface area (Å²) in [7, 11) is 0. The maximum absolute atomic E-state index is 3.37. The molecule has 0 aliphatic heterocycles. The highest BCUT2D eigenvalue weighted by Crippen LogP contribution is 1.96. The van der Waals surface area contributed by atoms with E-state index in [1.165, 1.54) is 12.8 Å². The van der Waals surface area contributed by atoms with Gasteiger partial charge < -0.3 is 5.32 Å². The van der Waals surface area contributed by atoms with Crippen molar-refractivity contribution in [2.24, 2.45) is 0 Å². The summed E-state index contributed by atoms with van der Waals surface area (Å²) in [5.74, 6) is 0. The molecule has 0 aliphatic carbocycles.